The maximum atomic E-state index is 11.2. The maximum absolute atomic E-state index is 11.2. The summed E-state index contributed by atoms with van der Waals surface area (Å²) in [5, 5.41) is 3.37. The number of nitrogens with zero attached hydrogens (tertiary/aromatic N) is 2. The van der Waals surface area contributed by atoms with Crippen molar-refractivity contribution < 1.29 is 9.53 Å². The van der Waals surface area contributed by atoms with E-state index in [1.807, 2.05) is 18.2 Å². The summed E-state index contributed by atoms with van der Waals surface area (Å²) >= 11 is 0. The van der Waals surface area contributed by atoms with Crippen LogP contribution in [0.15, 0.2) is 35.3 Å². The van der Waals surface area contributed by atoms with Crippen LogP contribution in [0, 0.1) is 5.92 Å². The molecule has 1 amide bonds. The summed E-state index contributed by atoms with van der Waals surface area (Å²) in [6.07, 6.45) is 3.57. The molecule has 2 rings (SSSR count). The molecule has 1 heterocycles. The predicted molar refractivity (Wildman–Crippen MR) is 110 cm³/mol. The van der Waals surface area contributed by atoms with E-state index in [0.29, 0.717) is 18.9 Å². The van der Waals surface area contributed by atoms with E-state index in [9.17, 15) is 4.79 Å². The Morgan fingerprint density at radius 1 is 1.41 bits per heavy atom. The number of aliphatic imine (C=N–C) groups is 1. The van der Waals surface area contributed by atoms with Crippen molar-refractivity contribution in [2.45, 2.75) is 45.6 Å². The second kappa shape index (κ2) is 11.6. The van der Waals surface area contributed by atoms with Crippen molar-refractivity contribution in [2.75, 3.05) is 32.8 Å². The number of likely N-dealkylation sites (tertiary alicyclic amines) is 1. The number of nitrogens with two attached hydrogens (primary N) is 1. The van der Waals surface area contributed by atoms with Crippen LogP contribution in [-0.2, 0) is 9.53 Å². The first-order valence-corrected chi connectivity index (χ1v) is 10.1. The van der Waals surface area contributed by atoms with Gasteiger partial charge in [0.05, 0.1) is 6.10 Å². The average Bonchev–Trinajstić information content (AvgIpc) is 2.67. The summed E-state index contributed by atoms with van der Waals surface area (Å²) in [5.41, 5.74) is 6.56. The molecule has 27 heavy (non-hydrogen) atoms. The van der Waals surface area contributed by atoms with Gasteiger partial charge in [0.25, 0.3) is 0 Å². The molecule has 3 N–H and O–H groups in total. The van der Waals surface area contributed by atoms with Gasteiger partial charge in [-0.25, -0.2) is 0 Å². The lowest BCUT2D eigenvalue weighted by molar-refractivity contribution is -0.119. The van der Waals surface area contributed by atoms with E-state index >= 15 is 0 Å². The minimum atomic E-state index is -0.214. The van der Waals surface area contributed by atoms with Gasteiger partial charge >= 0.3 is 0 Å². The van der Waals surface area contributed by atoms with Crippen molar-refractivity contribution in [1.82, 2.24) is 10.2 Å². The Labute approximate surface area is 163 Å². The molecule has 6 nitrogen and oxygen atoms in total. The zero-order chi connectivity index (χ0) is 19.5. The van der Waals surface area contributed by atoms with Crippen LogP contribution >= 0.6 is 0 Å². The van der Waals surface area contributed by atoms with Crippen LogP contribution in [0.4, 0.5) is 0 Å². The standard InChI is InChI=1S/C21H34N4O2/c1-3-23-21(25-13-7-9-18(16-25)15-20(22)26)24-12-8-14-27-17(2)19-10-5-4-6-11-19/h4-6,10-11,17-18H,3,7-9,12-16H2,1-2H3,(H2,22,26)(H,23,24). The molecule has 1 aromatic rings. The molecule has 0 saturated carbocycles. The molecule has 0 aromatic heterocycles. The van der Waals surface area contributed by atoms with Gasteiger partial charge in [-0.2, -0.15) is 0 Å². The van der Waals surface area contributed by atoms with Gasteiger partial charge in [0, 0.05) is 39.2 Å². The molecule has 2 atom stereocenters. The Bertz CT molecular complexity index is 591. The minimum Gasteiger partial charge on any atom is -0.374 e. The van der Waals surface area contributed by atoms with Gasteiger partial charge in [-0.05, 0) is 44.6 Å². The largest absolute Gasteiger partial charge is 0.374 e. The smallest absolute Gasteiger partial charge is 0.217 e. The molecule has 1 aliphatic rings. The Morgan fingerprint density at radius 2 is 2.19 bits per heavy atom. The second-order valence-electron chi connectivity index (χ2n) is 7.14. The van der Waals surface area contributed by atoms with E-state index in [0.717, 1.165) is 51.4 Å². The first-order valence-electron chi connectivity index (χ1n) is 10.1. The van der Waals surface area contributed by atoms with Gasteiger partial charge in [0.15, 0.2) is 5.96 Å². The van der Waals surface area contributed by atoms with Crippen molar-refractivity contribution in [1.29, 1.82) is 0 Å². The molecule has 1 fully saturated rings. The number of primary amides is 1. The van der Waals surface area contributed by atoms with Crippen molar-refractivity contribution in [3.8, 4) is 0 Å². The fraction of sp³-hybridized carbons (Fsp3) is 0.619. The molecule has 0 radical (unpaired) electrons. The number of benzene rings is 1. The van der Waals surface area contributed by atoms with Crippen LogP contribution in [0.25, 0.3) is 0 Å². The third-order valence-electron chi connectivity index (χ3n) is 4.84. The summed E-state index contributed by atoms with van der Waals surface area (Å²) in [5.74, 6) is 1.05. The number of guanidine groups is 1. The number of nitrogens with one attached hydrogen (secondary N) is 1. The number of hydrogen-bond acceptors (Lipinski definition) is 3. The first kappa shape index (κ1) is 21.2. The predicted octanol–water partition coefficient (Wildman–Crippen LogP) is 2.71. The maximum Gasteiger partial charge on any atom is 0.217 e. The van der Waals surface area contributed by atoms with E-state index in [1.165, 1.54) is 5.56 Å². The van der Waals surface area contributed by atoms with Gasteiger partial charge in [-0.3, -0.25) is 9.79 Å². The van der Waals surface area contributed by atoms with E-state index < -0.39 is 0 Å². The minimum absolute atomic E-state index is 0.0973. The van der Waals surface area contributed by atoms with Gasteiger partial charge in [-0.1, -0.05) is 30.3 Å². The van der Waals surface area contributed by atoms with Crippen LogP contribution in [0.5, 0.6) is 0 Å². The van der Waals surface area contributed by atoms with Crippen LogP contribution in [0.2, 0.25) is 0 Å². The zero-order valence-corrected chi connectivity index (χ0v) is 16.7. The third-order valence-corrected chi connectivity index (χ3v) is 4.84. The third kappa shape index (κ3) is 7.59. The Hall–Kier alpha value is -2.08. The number of carbonyl (C=O) groups is 1. The molecule has 6 heteroatoms. The van der Waals surface area contributed by atoms with Crippen LogP contribution < -0.4 is 11.1 Å². The van der Waals surface area contributed by atoms with Gasteiger partial charge in [-0.15, -0.1) is 0 Å². The lowest BCUT2D eigenvalue weighted by Crippen LogP contribution is -2.47. The second-order valence-corrected chi connectivity index (χ2v) is 7.14. The van der Waals surface area contributed by atoms with Crippen molar-refractivity contribution >= 4 is 11.9 Å². The van der Waals surface area contributed by atoms with Gasteiger partial charge < -0.3 is 20.7 Å². The average molecular weight is 375 g/mol. The lowest BCUT2D eigenvalue weighted by Gasteiger charge is -2.34. The Morgan fingerprint density at radius 3 is 2.89 bits per heavy atom. The quantitative estimate of drug-likeness (QED) is 0.396. The van der Waals surface area contributed by atoms with Crippen molar-refractivity contribution in [2.24, 2.45) is 16.6 Å². The highest BCUT2D eigenvalue weighted by Gasteiger charge is 2.23. The van der Waals surface area contributed by atoms with E-state index in [2.05, 4.69) is 36.2 Å². The number of carbonyl (C=O) groups excluding carboxylic acids is 1. The van der Waals surface area contributed by atoms with Gasteiger partial charge in [0.1, 0.15) is 0 Å². The van der Waals surface area contributed by atoms with Crippen LogP contribution in [0.1, 0.15) is 51.2 Å². The molecule has 150 valence electrons. The summed E-state index contributed by atoms with van der Waals surface area (Å²) < 4.78 is 5.92. The molecule has 0 bridgehead atoms. The lowest BCUT2D eigenvalue weighted by atomic mass is 9.95. The molecule has 0 aliphatic carbocycles. The molecule has 0 spiro atoms. The van der Waals surface area contributed by atoms with E-state index in [-0.39, 0.29) is 12.0 Å². The topological polar surface area (TPSA) is 80.0 Å². The SMILES string of the molecule is CCNC(=NCCCOC(C)c1ccccc1)N1CCCC(CC(N)=O)C1. The monoisotopic (exact) mass is 374 g/mol. The zero-order valence-electron chi connectivity index (χ0n) is 16.7. The molecular formula is C21H34N4O2. The van der Waals surface area contributed by atoms with Gasteiger partial charge in [0.2, 0.25) is 5.91 Å². The number of piperidine rings is 1. The molecular weight excluding hydrogens is 340 g/mol. The van der Waals surface area contributed by atoms with Crippen LogP contribution in [0.3, 0.4) is 0 Å². The Kier molecular flexibility index (Phi) is 9.11. The summed E-state index contributed by atoms with van der Waals surface area (Å²) in [6, 6.07) is 10.3. The highest BCUT2D eigenvalue weighted by molar-refractivity contribution is 5.80. The summed E-state index contributed by atoms with van der Waals surface area (Å²) in [4.78, 5) is 18.2. The molecule has 2 unspecified atom stereocenters. The number of amides is 1. The number of rotatable bonds is 9. The number of ether oxygens (including phenoxy) is 1. The Balaban J connectivity index is 1.78. The first-order chi connectivity index (χ1) is 13.1. The highest BCUT2D eigenvalue weighted by atomic mass is 16.5. The number of hydrogen-bond donors (Lipinski definition) is 2. The fourth-order valence-electron chi connectivity index (χ4n) is 3.46. The molecule has 1 saturated heterocycles. The summed E-state index contributed by atoms with van der Waals surface area (Å²) in [7, 11) is 0. The van der Waals surface area contributed by atoms with Crippen molar-refractivity contribution in [3.63, 3.8) is 0 Å². The van der Waals surface area contributed by atoms with Crippen molar-refractivity contribution in [3.05, 3.63) is 35.9 Å². The van der Waals surface area contributed by atoms with E-state index in [4.69, 9.17) is 15.5 Å². The highest BCUT2D eigenvalue weighted by Crippen LogP contribution is 2.19. The van der Waals surface area contributed by atoms with E-state index in [1.54, 1.807) is 0 Å². The normalized spacial score (nSPS) is 19.0. The summed E-state index contributed by atoms with van der Waals surface area (Å²) in [6.45, 7) is 8.21. The van der Waals surface area contributed by atoms with Crippen LogP contribution in [-0.4, -0.2) is 49.6 Å². The fourth-order valence-corrected chi connectivity index (χ4v) is 3.46. The molecule has 1 aromatic carbocycles. The molecule has 1 aliphatic heterocycles.